The number of allylic oxidation sites excluding steroid dienone is 4. The van der Waals surface area contributed by atoms with Gasteiger partial charge in [0.1, 0.15) is 7.05 Å². The van der Waals surface area contributed by atoms with Crippen LogP contribution >= 0.6 is 0 Å². The summed E-state index contributed by atoms with van der Waals surface area (Å²) in [5.41, 5.74) is 16.0. The Hall–Kier alpha value is -3.54. The molecule has 0 unspecified atom stereocenters. The minimum Gasteiger partial charge on any atom is -1.00 e. The lowest BCUT2D eigenvalue weighted by Gasteiger charge is -2.27. The maximum Gasteiger partial charge on any atom is 0.219 e. The molecule has 2 aliphatic rings. The highest BCUT2D eigenvalue weighted by atomic mass is 35.5. The van der Waals surface area contributed by atoms with Gasteiger partial charge in [-0.3, -0.25) is 4.79 Å². The van der Waals surface area contributed by atoms with Gasteiger partial charge in [-0.15, -0.1) is 0 Å². The van der Waals surface area contributed by atoms with Crippen LogP contribution in [-0.2, 0) is 15.6 Å². The molecule has 8 heteroatoms. The number of anilines is 1. The lowest BCUT2D eigenvalue weighted by molar-refractivity contribution is -0.401. The Balaban J connectivity index is 0.00000462. The predicted octanol–water partition coefficient (Wildman–Crippen LogP) is 4.31. The van der Waals surface area contributed by atoms with Crippen LogP contribution in [0, 0.1) is 0 Å². The molecule has 0 atom stereocenters. The van der Waals surface area contributed by atoms with Gasteiger partial charge in [-0.25, -0.2) is 0 Å². The molecule has 0 spiro atoms. The molecule has 1 amide bonds. The molecule has 4 rings (SSSR count). The van der Waals surface area contributed by atoms with E-state index in [1.807, 2.05) is 0 Å². The third-order valence-electron chi connectivity index (χ3n) is 8.35. The van der Waals surface area contributed by atoms with Crippen LogP contribution in [0.4, 0.5) is 11.4 Å². The molecule has 0 aromatic heterocycles. The molecular weight excluding hydrogens is 532 g/mol. The first kappa shape index (κ1) is 32.0. The molecule has 0 radical (unpaired) electrons. The van der Waals surface area contributed by atoms with E-state index in [9.17, 15) is 4.79 Å². The highest BCUT2D eigenvalue weighted by Crippen LogP contribution is 2.47. The third kappa shape index (κ3) is 6.86. The van der Waals surface area contributed by atoms with E-state index >= 15 is 0 Å². The smallest absolute Gasteiger partial charge is 0.219 e. The second-order valence-electron chi connectivity index (χ2n) is 11.8. The molecule has 2 aliphatic heterocycles. The monoisotopic (exact) mass is 574 g/mol. The fourth-order valence-electron chi connectivity index (χ4n) is 6.16. The number of fused-ring (bicyclic) bond motifs is 2. The molecule has 0 aliphatic carbocycles. The molecule has 41 heavy (non-hydrogen) atoms. The average molecular weight is 575 g/mol. The Morgan fingerprint density at radius 1 is 1.00 bits per heavy atom. The molecule has 2 heterocycles. The normalized spacial score (nSPS) is 17.3. The van der Waals surface area contributed by atoms with Crippen molar-refractivity contribution in [2.45, 2.75) is 70.6 Å². The lowest BCUT2D eigenvalue weighted by atomic mass is 9.81. The second-order valence-corrected chi connectivity index (χ2v) is 11.8. The summed E-state index contributed by atoms with van der Waals surface area (Å²) in [6, 6.07) is 17.4. The number of carbonyl (C=O) groups excluding carboxylic acids is 1. The van der Waals surface area contributed by atoms with E-state index in [-0.39, 0.29) is 29.1 Å². The number of hydrogen-bond donors (Lipinski definition) is 1. The summed E-state index contributed by atoms with van der Waals surface area (Å²) < 4.78 is 2.31. The molecule has 0 fully saturated rings. The molecule has 0 saturated carbocycles. The Kier molecular flexibility index (Phi) is 10.8. The third-order valence-corrected chi connectivity index (χ3v) is 8.35. The van der Waals surface area contributed by atoms with Gasteiger partial charge >= 0.3 is 0 Å². The molecule has 218 valence electrons. The molecule has 1 N–H and O–H groups in total. The summed E-state index contributed by atoms with van der Waals surface area (Å²) in [6.45, 7) is 11.1. The highest BCUT2D eigenvalue weighted by Gasteiger charge is 2.43. The highest BCUT2D eigenvalue weighted by molar-refractivity contribution is 6.03. The van der Waals surface area contributed by atoms with Crippen molar-refractivity contribution in [3.8, 4) is 0 Å². The topological polar surface area (TPSA) is 84.1 Å². The van der Waals surface area contributed by atoms with Crippen molar-refractivity contribution in [1.82, 2.24) is 5.32 Å². The second kappa shape index (κ2) is 13.9. The molecule has 0 bridgehead atoms. The molecule has 7 nitrogen and oxygen atoms in total. The predicted molar refractivity (Wildman–Crippen MR) is 164 cm³/mol. The maximum atomic E-state index is 12.1. The van der Waals surface area contributed by atoms with Crippen molar-refractivity contribution < 1.29 is 21.8 Å². The van der Waals surface area contributed by atoms with Crippen molar-refractivity contribution in [2.75, 3.05) is 31.6 Å². The lowest BCUT2D eigenvalue weighted by Crippen LogP contribution is -3.00. The van der Waals surface area contributed by atoms with Crippen molar-refractivity contribution in [1.29, 1.82) is 0 Å². The summed E-state index contributed by atoms with van der Waals surface area (Å²) in [5, 5.41) is 6.41. The van der Waals surface area contributed by atoms with E-state index < -0.39 is 0 Å². The largest absolute Gasteiger partial charge is 1.00 e. The van der Waals surface area contributed by atoms with Crippen LogP contribution in [0.3, 0.4) is 0 Å². The van der Waals surface area contributed by atoms with Gasteiger partial charge in [-0.05, 0) is 56.3 Å². The minimum atomic E-state index is -0.0961. The van der Waals surface area contributed by atoms with E-state index in [4.69, 9.17) is 5.53 Å². The van der Waals surface area contributed by atoms with Crippen LogP contribution in [0.1, 0.15) is 70.9 Å². The molecule has 2 aromatic rings. The number of azide groups is 1. The van der Waals surface area contributed by atoms with Crippen LogP contribution in [0.5, 0.6) is 0 Å². The van der Waals surface area contributed by atoms with Crippen LogP contribution in [0.2, 0.25) is 0 Å². The van der Waals surface area contributed by atoms with Crippen LogP contribution in [-0.4, -0.2) is 42.9 Å². The SMILES string of the molecule is C[N+]1=C(/C=C/C=C2N(CCCCCC(=O)NCCCN=[N+]=[N-])c3ccccc3C2(C)C)C(C)(C)c2ccccc21.[Cl-]. The Labute approximate surface area is 251 Å². The van der Waals surface area contributed by atoms with Gasteiger partial charge < -0.3 is 22.6 Å². The van der Waals surface area contributed by atoms with Gasteiger partial charge in [-0.2, -0.15) is 4.58 Å². The van der Waals surface area contributed by atoms with E-state index in [1.165, 1.54) is 33.9 Å². The summed E-state index contributed by atoms with van der Waals surface area (Å²) >= 11 is 0. The first-order valence-electron chi connectivity index (χ1n) is 14.4. The average Bonchev–Trinajstić information content (AvgIpc) is 3.27. The Morgan fingerprint density at radius 3 is 2.44 bits per heavy atom. The fraction of sp³-hybridized carbons (Fsp3) is 0.455. The maximum absolute atomic E-state index is 12.1. The van der Waals surface area contributed by atoms with Gasteiger partial charge in [0.2, 0.25) is 11.6 Å². The number of nitrogens with one attached hydrogen (secondary N) is 1. The number of hydrogen-bond acceptors (Lipinski definition) is 3. The fourth-order valence-corrected chi connectivity index (χ4v) is 6.16. The van der Waals surface area contributed by atoms with Gasteiger partial charge in [0.05, 0.1) is 5.41 Å². The van der Waals surface area contributed by atoms with Crippen molar-refractivity contribution in [3.05, 3.63) is 94.0 Å². The van der Waals surface area contributed by atoms with Crippen LogP contribution in [0.15, 0.2) is 77.6 Å². The van der Waals surface area contributed by atoms with Crippen molar-refractivity contribution in [3.63, 3.8) is 0 Å². The van der Waals surface area contributed by atoms with E-state index in [2.05, 4.69) is 126 Å². The van der Waals surface area contributed by atoms with Gasteiger partial charge in [0.15, 0.2) is 5.71 Å². The van der Waals surface area contributed by atoms with E-state index in [0.717, 1.165) is 25.8 Å². The zero-order chi connectivity index (χ0) is 28.8. The minimum absolute atomic E-state index is 0. The first-order chi connectivity index (χ1) is 19.2. The number of rotatable bonds is 12. The number of nitrogens with zero attached hydrogens (tertiary/aromatic N) is 5. The van der Waals surface area contributed by atoms with Crippen molar-refractivity contribution >= 4 is 23.0 Å². The Morgan fingerprint density at radius 2 is 1.71 bits per heavy atom. The van der Waals surface area contributed by atoms with Gasteiger partial charge in [0.25, 0.3) is 0 Å². The number of unbranched alkanes of at least 4 members (excludes halogenated alkanes) is 2. The zero-order valence-electron chi connectivity index (χ0n) is 25.0. The van der Waals surface area contributed by atoms with Gasteiger partial charge in [0, 0.05) is 65.5 Å². The molecule has 0 saturated heterocycles. The quantitative estimate of drug-likeness (QED) is 0.135. The molecular formula is C33H43ClN6O. The number of amides is 1. The number of carbonyl (C=O) groups is 1. The van der Waals surface area contributed by atoms with Crippen LogP contribution in [0.25, 0.3) is 10.4 Å². The number of para-hydroxylation sites is 2. The van der Waals surface area contributed by atoms with E-state index in [1.54, 1.807) is 0 Å². The van der Waals surface area contributed by atoms with Gasteiger partial charge in [-0.1, -0.05) is 67.9 Å². The summed E-state index contributed by atoms with van der Waals surface area (Å²) in [7, 11) is 2.16. The summed E-state index contributed by atoms with van der Waals surface area (Å²) in [6.07, 6.45) is 10.9. The number of halogens is 1. The standard InChI is InChI=1S/C33H42N6O.ClH/c1-32(2)25-15-8-10-17-27(25)38(5)29(32)19-13-20-30-33(3,4)26-16-9-11-18-28(26)39(30)24-12-6-7-21-31(40)35-22-14-23-36-37-34;/h8-11,13,15-20H,6-7,12,14,21-24H2,1-5H3;1H. The molecule has 2 aromatic carbocycles. The van der Waals surface area contributed by atoms with E-state index in [0.29, 0.717) is 25.9 Å². The van der Waals surface area contributed by atoms with Crippen molar-refractivity contribution in [2.24, 2.45) is 5.11 Å². The zero-order valence-corrected chi connectivity index (χ0v) is 25.8. The summed E-state index contributed by atoms with van der Waals surface area (Å²) in [5.74, 6) is 0.0683. The first-order valence-corrected chi connectivity index (χ1v) is 14.4. The Bertz CT molecular complexity index is 1380. The van der Waals surface area contributed by atoms with Crippen LogP contribution < -0.4 is 22.6 Å². The number of benzene rings is 2. The summed E-state index contributed by atoms with van der Waals surface area (Å²) in [4.78, 5) is 17.3.